The standard InChI is InChI=1S/C13H18ClNO/c14-7-5-12-6-8-15(10-12)9-11-1-3-13(16)4-2-11/h1-4,12,16H,5-10H2. The molecule has 1 aliphatic heterocycles. The Hall–Kier alpha value is -0.730. The molecule has 0 bridgehead atoms. The van der Waals surface area contributed by atoms with E-state index in [9.17, 15) is 5.11 Å². The van der Waals surface area contributed by atoms with E-state index in [2.05, 4.69) is 4.90 Å². The zero-order chi connectivity index (χ0) is 11.4. The highest BCUT2D eigenvalue weighted by Gasteiger charge is 2.21. The van der Waals surface area contributed by atoms with Crippen LogP contribution in [0.1, 0.15) is 18.4 Å². The van der Waals surface area contributed by atoms with Crippen LogP contribution in [0.5, 0.6) is 5.75 Å². The monoisotopic (exact) mass is 239 g/mol. The van der Waals surface area contributed by atoms with Gasteiger partial charge in [0.1, 0.15) is 5.75 Å². The fourth-order valence-corrected chi connectivity index (χ4v) is 2.61. The predicted octanol–water partition coefficient (Wildman–Crippen LogP) is 2.84. The van der Waals surface area contributed by atoms with Crippen LogP contribution in [-0.4, -0.2) is 29.0 Å². The number of benzene rings is 1. The summed E-state index contributed by atoms with van der Waals surface area (Å²) in [5.74, 6) is 1.89. The van der Waals surface area contributed by atoms with Crippen LogP contribution in [-0.2, 0) is 6.54 Å². The lowest BCUT2D eigenvalue weighted by Crippen LogP contribution is -2.20. The summed E-state index contributed by atoms with van der Waals surface area (Å²) in [5.41, 5.74) is 1.27. The van der Waals surface area contributed by atoms with Crippen LogP contribution in [0.15, 0.2) is 24.3 Å². The Morgan fingerprint density at radius 3 is 2.75 bits per heavy atom. The highest BCUT2D eigenvalue weighted by Crippen LogP contribution is 2.22. The Morgan fingerprint density at radius 1 is 1.31 bits per heavy atom. The van der Waals surface area contributed by atoms with Gasteiger partial charge in [-0.15, -0.1) is 11.6 Å². The van der Waals surface area contributed by atoms with Gasteiger partial charge in [0.15, 0.2) is 0 Å². The average molecular weight is 240 g/mol. The number of aromatic hydroxyl groups is 1. The molecule has 88 valence electrons. The maximum atomic E-state index is 9.20. The summed E-state index contributed by atoms with van der Waals surface area (Å²) in [6.45, 7) is 3.31. The summed E-state index contributed by atoms with van der Waals surface area (Å²) in [7, 11) is 0. The number of hydrogen-bond donors (Lipinski definition) is 1. The third kappa shape index (κ3) is 3.13. The Bertz CT molecular complexity index is 325. The van der Waals surface area contributed by atoms with E-state index in [1.165, 1.54) is 18.5 Å². The molecule has 1 saturated heterocycles. The highest BCUT2D eigenvalue weighted by molar-refractivity contribution is 6.17. The zero-order valence-corrected chi connectivity index (χ0v) is 10.2. The van der Waals surface area contributed by atoms with Crippen LogP contribution < -0.4 is 0 Å². The summed E-state index contributed by atoms with van der Waals surface area (Å²) >= 11 is 5.76. The van der Waals surface area contributed by atoms with Gasteiger partial charge in [0.05, 0.1) is 0 Å². The van der Waals surface area contributed by atoms with Crippen molar-refractivity contribution in [2.45, 2.75) is 19.4 Å². The molecular formula is C13H18ClNO. The molecule has 1 aromatic rings. The Kier molecular flexibility index (Phi) is 4.08. The minimum atomic E-state index is 0.338. The van der Waals surface area contributed by atoms with Gasteiger partial charge in [-0.25, -0.2) is 0 Å². The summed E-state index contributed by atoms with van der Waals surface area (Å²) in [5, 5.41) is 9.20. The first-order valence-electron chi connectivity index (χ1n) is 5.84. The van der Waals surface area contributed by atoms with E-state index in [-0.39, 0.29) is 0 Å². The number of alkyl halides is 1. The van der Waals surface area contributed by atoms with E-state index in [1.54, 1.807) is 12.1 Å². The molecule has 0 radical (unpaired) electrons. The second kappa shape index (κ2) is 5.55. The van der Waals surface area contributed by atoms with E-state index in [1.807, 2.05) is 12.1 Å². The predicted molar refractivity (Wildman–Crippen MR) is 66.8 cm³/mol. The zero-order valence-electron chi connectivity index (χ0n) is 9.40. The third-order valence-electron chi connectivity index (χ3n) is 3.23. The normalized spacial score (nSPS) is 21.4. The summed E-state index contributed by atoms with van der Waals surface area (Å²) < 4.78 is 0. The first-order valence-corrected chi connectivity index (χ1v) is 6.37. The largest absolute Gasteiger partial charge is 0.508 e. The van der Waals surface area contributed by atoms with Gasteiger partial charge < -0.3 is 5.11 Å². The molecule has 0 amide bonds. The number of phenols is 1. The molecule has 1 aromatic carbocycles. The molecule has 16 heavy (non-hydrogen) atoms. The van der Waals surface area contributed by atoms with Crippen molar-refractivity contribution in [3.63, 3.8) is 0 Å². The first-order chi connectivity index (χ1) is 7.78. The van der Waals surface area contributed by atoms with Crippen molar-refractivity contribution in [3.05, 3.63) is 29.8 Å². The molecule has 0 aliphatic carbocycles. The molecule has 1 unspecified atom stereocenters. The van der Waals surface area contributed by atoms with Crippen molar-refractivity contribution in [2.75, 3.05) is 19.0 Å². The Labute approximate surface area is 102 Å². The molecule has 2 rings (SSSR count). The Morgan fingerprint density at radius 2 is 2.06 bits per heavy atom. The summed E-state index contributed by atoms with van der Waals surface area (Å²) in [6, 6.07) is 7.48. The van der Waals surface area contributed by atoms with Gasteiger partial charge in [-0.05, 0) is 43.0 Å². The van der Waals surface area contributed by atoms with Crippen molar-refractivity contribution < 1.29 is 5.11 Å². The van der Waals surface area contributed by atoms with Gasteiger partial charge in [-0.1, -0.05) is 12.1 Å². The molecule has 0 spiro atoms. The molecule has 1 fully saturated rings. The van der Waals surface area contributed by atoms with Crippen molar-refractivity contribution in [1.82, 2.24) is 4.90 Å². The SMILES string of the molecule is Oc1ccc(CN2CCC(CCCl)C2)cc1. The van der Waals surface area contributed by atoms with Gasteiger partial charge in [-0.3, -0.25) is 4.90 Å². The maximum absolute atomic E-state index is 9.20. The molecule has 1 aliphatic rings. The topological polar surface area (TPSA) is 23.5 Å². The molecule has 2 nitrogen and oxygen atoms in total. The lowest BCUT2D eigenvalue weighted by Gasteiger charge is -2.15. The van der Waals surface area contributed by atoms with Gasteiger partial charge in [0.25, 0.3) is 0 Å². The van der Waals surface area contributed by atoms with Crippen LogP contribution >= 0.6 is 11.6 Å². The van der Waals surface area contributed by atoms with Gasteiger partial charge in [-0.2, -0.15) is 0 Å². The van der Waals surface area contributed by atoms with Crippen LogP contribution in [0.3, 0.4) is 0 Å². The van der Waals surface area contributed by atoms with Crippen LogP contribution in [0, 0.1) is 5.92 Å². The molecule has 1 N–H and O–H groups in total. The van der Waals surface area contributed by atoms with Crippen molar-refractivity contribution in [3.8, 4) is 5.75 Å². The van der Waals surface area contributed by atoms with E-state index in [0.717, 1.165) is 31.3 Å². The molecule has 0 aromatic heterocycles. The first kappa shape index (κ1) is 11.7. The second-order valence-electron chi connectivity index (χ2n) is 4.53. The minimum absolute atomic E-state index is 0.338. The van der Waals surface area contributed by atoms with Crippen molar-refractivity contribution in [2.24, 2.45) is 5.92 Å². The quantitative estimate of drug-likeness (QED) is 0.817. The number of hydrogen-bond acceptors (Lipinski definition) is 2. The maximum Gasteiger partial charge on any atom is 0.115 e. The van der Waals surface area contributed by atoms with E-state index in [0.29, 0.717) is 5.75 Å². The summed E-state index contributed by atoms with van der Waals surface area (Å²) in [6.07, 6.45) is 2.40. The minimum Gasteiger partial charge on any atom is -0.508 e. The number of likely N-dealkylation sites (tertiary alicyclic amines) is 1. The number of halogens is 1. The van der Waals surface area contributed by atoms with Gasteiger partial charge in [0.2, 0.25) is 0 Å². The summed E-state index contributed by atoms with van der Waals surface area (Å²) in [4.78, 5) is 2.46. The smallest absolute Gasteiger partial charge is 0.115 e. The fraction of sp³-hybridized carbons (Fsp3) is 0.538. The van der Waals surface area contributed by atoms with Crippen LogP contribution in [0.25, 0.3) is 0 Å². The number of nitrogens with zero attached hydrogens (tertiary/aromatic N) is 1. The van der Waals surface area contributed by atoms with Crippen LogP contribution in [0.4, 0.5) is 0 Å². The second-order valence-corrected chi connectivity index (χ2v) is 4.91. The number of rotatable bonds is 4. The molecule has 1 atom stereocenters. The lowest BCUT2D eigenvalue weighted by molar-refractivity contribution is 0.315. The molecular weight excluding hydrogens is 222 g/mol. The molecule has 3 heteroatoms. The third-order valence-corrected chi connectivity index (χ3v) is 3.45. The molecule has 1 heterocycles. The average Bonchev–Trinajstić information content (AvgIpc) is 2.70. The van der Waals surface area contributed by atoms with E-state index >= 15 is 0 Å². The van der Waals surface area contributed by atoms with Gasteiger partial charge >= 0.3 is 0 Å². The van der Waals surface area contributed by atoms with Crippen LogP contribution in [0.2, 0.25) is 0 Å². The fourth-order valence-electron chi connectivity index (χ4n) is 2.31. The van der Waals surface area contributed by atoms with E-state index < -0.39 is 0 Å². The van der Waals surface area contributed by atoms with E-state index in [4.69, 9.17) is 11.6 Å². The Balaban J connectivity index is 1.84. The number of phenolic OH excluding ortho intramolecular Hbond substituents is 1. The van der Waals surface area contributed by atoms with Gasteiger partial charge in [0, 0.05) is 19.0 Å². The van der Waals surface area contributed by atoms with Crippen molar-refractivity contribution >= 4 is 11.6 Å². The van der Waals surface area contributed by atoms with Crippen molar-refractivity contribution in [1.29, 1.82) is 0 Å². The highest BCUT2D eigenvalue weighted by atomic mass is 35.5. The molecule has 0 saturated carbocycles. The lowest BCUT2D eigenvalue weighted by atomic mass is 10.1.